The fourth-order valence-electron chi connectivity index (χ4n) is 1.71. The van der Waals surface area contributed by atoms with Crippen molar-refractivity contribution in [1.29, 1.82) is 0 Å². The van der Waals surface area contributed by atoms with E-state index in [0.717, 1.165) is 28.2 Å². The summed E-state index contributed by atoms with van der Waals surface area (Å²) in [6.45, 7) is 2.11. The van der Waals surface area contributed by atoms with Crippen LogP contribution in [-0.2, 0) is 6.42 Å². The molecule has 1 aromatic carbocycles. The summed E-state index contributed by atoms with van der Waals surface area (Å²) in [6.07, 6.45) is 0.964. The number of benzene rings is 1. The molecule has 2 aromatic heterocycles. The van der Waals surface area contributed by atoms with E-state index < -0.39 is 0 Å². The lowest BCUT2D eigenvalue weighted by Crippen LogP contribution is -1.78. The maximum atomic E-state index is 5.52. The molecule has 0 atom stereocenters. The fourth-order valence-corrected chi connectivity index (χ4v) is 2.65. The van der Waals surface area contributed by atoms with Gasteiger partial charge in [-0.3, -0.25) is 0 Å². The SMILES string of the molecule is CCc1nc2ccc(-c3cc(N)on3)cc2s1. The van der Waals surface area contributed by atoms with Crippen molar-refractivity contribution in [1.82, 2.24) is 10.1 Å². The zero-order valence-electron chi connectivity index (χ0n) is 9.30. The van der Waals surface area contributed by atoms with Crippen LogP contribution in [0.5, 0.6) is 0 Å². The van der Waals surface area contributed by atoms with Gasteiger partial charge >= 0.3 is 0 Å². The maximum Gasteiger partial charge on any atom is 0.222 e. The maximum absolute atomic E-state index is 5.52. The van der Waals surface area contributed by atoms with Crippen LogP contribution >= 0.6 is 11.3 Å². The zero-order valence-corrected chi connectivity index (χ0v) is 10.1. The van der Waals surface area contributed by atoms with Crippen LogP contribution in [0.15, 0.2) is 28.8 Å². The van der Waals surface area contributed by atoms with Crippen molar-refractivity contribution >= 4 is 27.4 Å². The summed E-state index contributed by atoms with van der Waals surface area (Å²) in [7, 11) is 0. The molecule has 2 N–H and O–H groups in total. The van der Waals surface area contributed by atoms with Crippen LogP contribution in [0.3, 0.4) is 0 Å². The molecule has 0 saturated heterocycles. The second-order valence-corrected chi connectivity index (χ2v) is 4.87. The molecule has 0 saturated carbocycles. The molecule has 0 amide bonds. The van der Waals surface area contributed by atoms with Crippen molar-refractivity contribution in [3.63, 3.8) is 0 Å². The Balaban J connectivity index is 2.12. The normalized spacial score (nSPS) is 11.1. The first-order valence-corrected chi connectivity index (χ1v) is 6.20. The number of anilines is 1. The highest BCUT2D eigenvalue weighted by Crippen LogP contribution is 2.28. The fraction of sp³-hybridized carbons (Fsp3) is 0.167. The van der Waals surface area contributed by atoms with Crippen molar-refractivity contribution in [3.05, 3.63) is 29.3 Å². The van der Waals surface area contributed by atoms with E-state index in [1.54, 1.807) is 17.4 Å². The second-order valence-electron chi connectivity index (χ2n) is 3.76. The summed E-state index contributed by atoms with van der Waals surface area (Å²) in [5, 5.41) is 5.05. The van der Waals surface area contributed by atoms with Crippen LogP contribution in [-0.4, -0.2) is 10.1 Å². The van der Waals surface area contributed by atoms with E-state index in [4.69, 9.17) is 10.3 Å². The number of nitrogens with zero attached hydrogens (tertiary/aromatic N) is 2. The number of rotatable bonds is 2. The predicted molar refractivity (Wildman–Crippen MR) is 68.9 cm³/mol. The van der Waals surface area contributed by atoms with Gasteiger partial charge in [0.15, 0.2) is 0 Å². The number of aromatic nitrogens is 2. The van der Waals surface area contributed by atoms with Crippen molar-refractivity contribution < 1.29 is 4.52 Å². The van der Waals surface area contributed by atoms with Gasteiger partial charge in [-0.15, -0.1) is 11.3 Å². The average Bonchev–Trinajstić information content (AvgIpc) is 2.93. The first kappa shape index (κ1) is 10.3. The summed E-state index contributed by atoms with van der Waals surface area (Å²) in [6, 6.07) is 7.79. The van der Waals surface area contributed by atoms with Gasteiger partial charge < -0.3 is 10.3 Å². The minimum absolute atomic E-state index is 0.332. The topological polar surface area (TPSA) is 64.9 Å². The van der Waals surface area contributed by atoms with E-state index in [0.29, 0.717) is 5.88 Å². The largest absolute Gasteiger partial charge is 0.368 e. The van der Waals surface area contributed by atoms with E-state index in [2.05, 4.69) is 23.1 Å². The number of nitrogens with two attached hydrogens (primary N) is 1. The molecule has 3 rings (SSSR count). The summed E-state index contributed by atoms with van der Waals surface area (Å²) < 4.78 is 6.04. The van der Waals surface area contributed by atoms with Crippen LogP contribution in [0.25, 0.3) is 21.5 Å². The summed E-state index contributed by atoms with van der Waals surface area (Å²) in [4.78, 5) is 4.52. The molecule has 3 aromatic rings. The Kier molecular flexibility index (Phi) is 2.33. The lowest BCUT2D eigenvalue weighted by Gasteiger charge is -1.94. The van der Waals surface area contributed by atoms with Gasteiger partial charge in [0.2, 0.25) is 5.88 Å². The third-order valence-electron chi connectivity index (χ3n) is 2.56. The Hall–Kier alpha value is -1.88. The molecular weight excluding hydrogens is 234 g/mol. The van der Waals surface area contributed by atoms with Crippen molar-refractivity contribution in [2.24, 2.45) is 0 Å². The van der Waals surface area contributed by atoms with Gasteiger partial charge in [0.1, 0.15) is 5.69 Å². The average molecular weight is 245 g/mol. The van der Waals surface area contributed by atoms with Crippen LogP contribution in [0.2, 0.25) is 0 Å². The third-order valence-corrected chi connectivity index (χ3v) is 3.72. The number of hydrogen-bond donors (Lipinski definition) is 1. The molecule has 0 aliphatic heterocycles. The van der Waals surface area contributed by atoms with Gasteiger partial charge in [-0.1, -0.05) is 18.1 Å². The number of nitrogen functional groups attached to an aromatic ring is 1. The van der Waals surface area contributed by atoms with Gasteiger partial charge in [-0.2, -0.15) is 0 Å². The molecule has 86 valence electrons. The van der Waals surface area contributed by atoms with E-state index >= 15 is 0 Å². The lowest BCUT2D eigenvalue weighted by molar-refractivity contribution is 0.439. The van der Waals surface area contributed by atoms with Gasteiger partial charge in [-0.05, 0) is 18.6 Å². The van der Waals surface area contributed by atoms with Crippen LogP contribution in [0, 0.1) is 0 Å². The minimum atomic E-state index is 0.332. The molecular formula is C12H11N3OS. The quantitative estimate of drug-likeness (QED) is 0.753. The first-order chi connectivity index (χ1) is 8.26. The molecule has 2 heterocycles. The van der Waals surface area contributed by atoms with Crippen LogP contribution in [0.4, 0.5) is 5.88 Å². The van der Waals surface area contributed by atoms with Crippen LogP contribution < -0.4 is 5.73 Å². The first-order valence-electron chi connectivity index (χ1n) is 5.38. The van der Waals surface area contributed by atoms with Crippen molar-refractivity contribution in [2.75, 3.05) is 5.73 Å². The molecule has 0 aliphatic rings. The van der Waals surface area contributed by atoms with Gasteiger partial charge in [0, 0.05) is 11.6 Å². The molecule has 4 nitrogen and oxygen atoms in total. The molecule has 0 spiro atoms. The molecule has 0 unspecified atom stereocenters. The summed E-state index contributed by atoms with van der Waals surface area (Å²) in [5.41, 5.74) is 8.31. The van der Waals surface area contributed by atoms with E-state index in [9.17, 15) is 0 Å². The summed E-state index contributed by atoms with van der Waals surface area (Å²) >= 11 is 1.71. The van der Waals surface area contributed by atoms with E-state index in [-0.39, 0.29) is 0 Å². The highest BCUT2D eigenvalue weighted by molar-refractivity contribution is 7.18. The van der Waals surface area contributed by atoms with E-state index in [1.807, 2.05) is 12.1 Å². The highest BCUT2D eigenvalue weighted by Gasteiger charge is 2.07. The zero-order chi connectivity index (χ0) is 11.8. The van der Waals surface area contributed by atoms with Crippen molar-refractivity contribution in [3.8, 4) is 11.3 Å². The van der Waals surface area contributed by atoms with Gasteiger partial charge in [0.25, 0.3) is 0 Å². The molecule has 0 bridgehead atoms. The lowest BCUT2D eigenvalue weighted by atomic mass is 10.1. The molecule has 0 fully saturated rings. The minimum Gasteiger partial charge on any atom is -0.368 e. The molecule has 0 radical (unpaired) electrons. The Morgan fingerprint density at radius 3 is 2.94 bits per heavy atom. The Morgan fingerprint density at radius 2 is 2.24 bits per heavy atom. The monoisotopic (exact) mass is 245 g/mol. The summed E-state index contributed by atoms with van der Waals surface area (Å²) in [5.74, 6) is 0.332. The van der Waals surface area contributed by atoms with Gasteiger partial charge in [-0.25, -0.2) is 4.98 Å². The highest BCUT2D eigenvalue weighted by atomic mass is 32.1. The molecule has 0 aliphatic carbocycles. The standard InChI is InChI=1S/C12H11N3OS/c1-2-12-14-8-4-3-7(5-10(8)17-12)9-6-11(13)16-15-9/h3-6H,2,13H2,1H3. The second kappa shape index (κ2) is 3.85. The molecule has 5 heteroatoms. The number of fused-ring (bicyclic) bond motifs is 1. The Labute approximate surface area is 102 Å². The van der Waals surface area contributed by atoms with Gasteiger partial charge in [0.05, 0.1) is 15.2 Å². The number of thiazole rings is 1. The third kappa shape index (κ3) is 1.78. The Morgan fingerprint density at radius 1 is 1.35 bits per heavy atom. The number of hydrogen-bond acceptors (Lipinski definition) is 5. The number of aryl methyl sites for hydroxylation is 1. The van der Waals surface area contributed by atoms with Crippen molar-refractivity contribution in [2.45, 2.75) is 13.3 Å². The van der Waals surface area contributed by atoms with Crippen LogP contribution in [0.1, 0.15) is 11.9 Å². The predicted octanol–water partition coefficient (Wildman–Crippen LogP) is 3.10. The smallest absolute Gasteiger partial charge is 0.222 e. The van der Waals surface area contributed by atoms with E-state index in [1.165, 1.54) is 4.70 Å². The molecule has 17 heavy (non-hydrogen) atoms. The Bertz CT molecular complexity index is 671.